The van der Waals surface area contributed by atoms with E-state index in [0.717, 1.165) is 6.42 Å². The molecule has 0 aliphatic heterocycles. The number of aliphatic hydroxyl groups excluding tert-OH is 1. The van der Waals surface area contributed by atoms with Gasteiger partial charge in [0.2, 0.25) is 0 Å². The van der Waals surface area contributed by atoms with Gasteiger partial charge in [0.1, 0.15) is 0 Å². The molecule has 19 heavy (non-hydrogen) atoms. The Balaban J connectivity index is 2.52. The van der Waals surface area contributed by atoms with Crippen LogP contribution in [-0.4, -0.2) is 29.6 Å². The van der Waals surface area contributed by atoms with E-state index in [-0.39, 0.29) is 24.5 Å². The molecule has 0 bridgehead atoms. The maximum atomic E-state index is 11.7. The fraction of sp³-hybridized carbons (Fsp3) is 0.429. The molecule has 0 spiro atoms. The van der Waals surface area contributed by atoms with Crippen molar-refractivity contribution in [3.63, 3.8) is 0 Å². The number of carbonyl (C=O) groups excluding carboxylic acids is 2. The third-order valence-corrected chi connectivity index (χ3v) is 2.70. The Morgan fingerprint density at radius 2 is 2.11 bits per heavy atom. The summed E-state index contributed by atoms with van der Waals surface area (Å²) in [5, 5.41) is 14.2. The number of Topliss-reactive ketones (excluding diaryl/α,β-unsaturated/α-hetero) is 1. The van der Waals surface area contributed by atoms with Gasteiger partial charge in [-0.1, -0.05) is 12.1 Å². The Hall–Kier alpha value is -1.88. The number of nitrogens with one attached hydrogen (secondary N) is 2. The van der Waals surface area contributed by atoms with Gasteiger partial charge in [-0.2, -0.15) is 0 Å². The molecule has 0 aliphatic carbocycles. The minimum absolute atomic E-state index is 0.0110. The van der Waals surface area contributed by atoms with E-state index < -0.39 is 0 Å². The summed E-state index contributed by atoms with van der Waals surface area (Å²) in [7, 11) is 0. The van der Waals surface area contributed by atoms with Crippen LogP contribution in [0.3, 0.4) is 0 Å². The highest BCUT2D eigenvalue weighted by Gasteiger charge is 2.08. The molecule has 1 atom stereocenters. The SMILES string of the molecule is CC(=O)c1cccc(NC(=O)NC(C)CCCO)c1. The topological polar surface area (TPSA) is 78.4 Å². The fourth-order valence-electron chi connectivity index (χ4n) is 1.68. The highest BCUT2D eigenvalue weighted by Crippen LogP contribution is 2.11. The van der Waals surface area contributed by atoms with E-state index in [0.29, 0.717) is 17.7 Å². The van der Waals surface area contributed by atoms with Gasteiger partial charge in [-0.3, -0.25) is 4.79 Å². The average Bonchev–Trinajstić information content (AvgIpc) is 2.36. The molecule has 104 valence electrons. The van der Waals surface area contributed by atoms with Crippen LogP contribution in [0.25, 0.3) is 0 Å². The molecule has 1 aromatic carbocycles. The molecule has 3 N–H and O–H groups in total. The van der Waals surface area contributed by atoms with E-state index in [1.165, 1.54) is 6.92 Å². The lowest BCUT2D eigenvalue weighted by molar-refractivity contribution is 0.101. The van der Waals surface area contributed by atoms with Crippen molar-refractivity contribution >= 4 is 17.5 Å². The Kier molecular flexibility index (Phi) is 6.02. The lowest BCUT2D eigenvalue weighted by atomic mass is 10.1. The van der Waals surface area contributed by atoms with E-state index >= 15 is 0 Å². The summed E-state index contributed by atoms with van der Waals surface area (Å²) in [5.41, 5.74) is 1.14. The van der Waals surface area contributed by atoms with Crippen LogP contribution in [0.5, 0.6) is 0 Å². The average molecular weight is 264 g/mol. The first kappa shape index (κ1) is 15.2. The van der Waals surface area contributed by atoms with Crippen molar-refractivity contribution < 1.29 is 14.7 Å². The van der Waals surface area contributed by atoms with Crippen LogP contribution >= 0.6 is 0 Å². The highest BCUT2D eigenvalue weighted by molar-refractivity contribution is 5.96. The van der Waals surface area contributed by atoms with Gasteiger partial charge in [-0.15, -0.1) is 0 Å². The number of aliphatic hydroxyl groups is 1. The number of hydrogen-bond acceptors (Lipinski definition) is 3. The van der Waals surface area contributed by atoms with Gasteiger partial charge in [0.25, 0.3) is 0 Å². The van der Waals surface area contributed by atoms with Crippen LogP contribution in [0.2, 0.25) is 0 Å². The molecule has 1 aromatic rings. The third-order valence-electron chi connectivity index (χ3n) is 2.70. The molecule has 2 amide bonds. The molecule has 1 rings (SSSR count). The molecule has 0 heterocycles. The molecule has 0 radical (unpaired) electrons. The first-order valence-electron chi connectivity index (χ1n) is 6.32. The predicted octanol–water partition coefficient (Wildman–Crippen LogP) is 2.17. The Labute approximate surface area is 113 Å². The monoisotopic (exact) mass is 264 g/mol. The smallest absolute Gasteiger partial charge is 0.319 e. The van der Waals surface area contributed by atoms with Crippen molar-refractivity contribution in [1.82, 2.24) is 5.32 Å². The molecule has 0 fully saturated rings. The number of carbonyl (C=O) groups is 2. The van der Waals surface area contributed by atoms with Crippen molar-refractivity contribution in [2.24, 2.45) is 0 Å². The molecule has 5 nitrogen and oxygen atoms in total. The minimum Gasteiger partial charge on any atom is -0.396 e. The van der Waals surface area contributed by atoms with Crippen LogP contribution < -0.4 is 10.6 Å². The van der Waals surface area contributed by atoms with Gasteiger partial charge in [0.15, 0.2) is 5.78 Å². The van der Waals surface area contributed by atoms with Crippen molar-refractivity contribution in [3.8, 4) is 0 Å². The lowest BCUT2D eigenvalue weighted by Gasteiger charge is -2.14. The van der Waals surface area contributed by atoms with E-state index in [9.17, 15) is 9.59 Å². The number of urea groups is 1. The van der Waals surface area contributed by atoms with E-state index in [1.807, 2.05) is 6.92 Å². The second kappa shape index (κ2) is 7.53. The zero-order valence-electron chi connectivity index (χ0n) is 11.3. The quantitative estimate of drug-likeness (QED) is 0.689. The van der Waals surface area contributed by atoms with Crippen LogP contribution in [0.15, 0.2) is 24.3 Å². The number of amides is 2. The Morgan fingerprint density at radius 1 is 1.37 bits per heavy atom. The number of anilines is 1. The van der Waals surface area contributed by atoms with E-state index in [2.05, 4.69) is 10.6 Å². The maximum Gasteiger partial charge on any atom is 0.319 e. The number of ketones is 1. The second-order valence-corrected chi connectivity index (χ2v) is 4.50. The summed E-state index contributed by atoms with van der Waals surface area (Å²) in [4.78, 5) is 22.9. The first-order valence-corrected chi connectivity index (χ1v) is 6.32. The zero-order chi connectivity index (χ0) is 14.3. The maximum absolute atomic E-state index is 11.7. The number of hydrogen-bond donors (Lipinski definition) is 3. The van der Waals surface area contributed by atoms with Crippen LogP contribution in [0, 0.1) is 0 Å². The van der Waals surface area contributed by atoms with Crippen LogP contribution in [0.1, 0.15) is 37.0 Å². The normalized spacial score (nSPS) is 11.7. The summed E-state index contributed by atoms with van der Waals surface area (Å²) < 4.78 is 0. The van der Waals surface area contributed by atoms with E-state index in [4.69, 9.17) is 5.11 Å². The third kappa shape index (κ3) is 5.52. The molecular weight excluding hydrogens is 244 g/mol. The van der Waals surface area contributed by atoms with Gasteiger partial charge in [-0.25, -0.2) is 4.79 Å². The standard InChI is InChI=1S/C14H20N2O3/c1-10(5-4-8-17)15-14(19)16-13-7-3-6-12(9-13)11(2)18/h3,6-7,9-10,17H,4-5,8H2,1-2H3,(H2,15,16,19). The van der Waals surface area contributed by atoms with Crippen LogP contribution in [0.4, 0.5) is 10.5 Å². The van der Waals surface area contributed by atoms with Gasteiger partial charge >= 0.3 is 6.03 Å². The summed E-state index contributed by atoms with van der Waals surface area (Å²) in [5.74, 6) is -0.0413. The van der Waals surface area contributed by atoms with Crippen molar-refractivity contribution in [3.05, 3.63) is 29.8 Å². The second-order valence-electron chi connectivity index (χ2n) is 4.50. The van der Waals surface area contributed by atoms with Crippen molar-refractivity contribution in [2.75, 3.05) is 11.9 Å². The zero-order valence-corrected chi connectivity index (χ0v) is 11.3. The lowest BCUT2D eigenvalue weighted by Crippen LogP contribution is -2.36. The van der Waals surface area contributed by atoms with Crippen molar-refractivity contribution in [1.29, 1.82) is 0 Å². The summed E-state index contributed by atoms with van der Waals surface area (Å²) in [6, 6.07) is 6.47. The molecule has 1 unspecified atom stereocenters. The summed E-state index contributed by atoms with van der Waals surface area (Å²) in [6.45, 7) is 3.48. The predicted molar refractivity (Wildman–Crippen MR) is 74.4 cm³/mol. The largest absolute Gasteiger partial charge is 0.396 e. The van der Waals surface area contributed by atoms with Gasteiger partial charge in [0, 0.05) is 23.9 Å². The number of benzene rings is 1. The van der Waals surface area contributed by atoms with E-state index in [1.54, 1.807) is 24.3 Å². The first-order chi connectivity index (χ1) is 9.02. The molecule has 0 saturated heterocycles. The van der Waals surface area contributed by atoms with Gasteiger partial charge in [0.05, 0.1) is 0 Å². The fourth-order valence-corrected chi connectivity index (χ4v) is 1.68. The summed E-state index contributed by atoms with van der Waals surface area (Å²) in [6.07, 6.45) is 1.37. The Bertz CT molecular complexity index is 446. The van der Waals surface area contributed by atoms with Gasteiger partial charge in [-0.05, 0) is 38.8 Å². The molecule has 0 aromatic heterocycles. The summed E-state index contributed by atoms with van der Waals surface area (Å²) >= 11 is 0. The Morgan fingerprint density at radius 3 is 2.74 bits per heavy atom. The van der Waals surface area contributed by atoms with Crippen LogP contribution in [-0.2, 0) is 0 Å². The highest BCUT2D eigenvalue weighted by atomic mass is 16.3. The van der Waals surface area contributed by atoms with Gasteiger partial charge < -0.3 is 15.7 Å². The van der Waals surface area contributed by atoms with Crippen molar-refractivity contribution in [2.45, 2.75) is 32.7 Å². The number of rotatable bonds is 6. The minimum atomic E-state index is -0.314. The molecule has 0 saturated carbocycles. The molecule has 0 aliphatic rings. The molecule has 5 heteroatoms. The molecular formula is C14H20N2O3.